The number of hydrogen-bond acceptors (Lipinski definition) is 7. The Kier molecular flexibility index (Phi) is 4.17. The predicted octanol–water partition coefficient (Wildman–Crippen LogP) is 2.76. The van der Waals surface area contributed by atoms with Gasteiger partial charge in [0.2, 0.25) is 0 Å². The largest absolute Gasteiger partial charge is 0.433 e. The van der Waals surface area contributed by atoms with Crippen molar-refractivity contribution in [3.63, 3.8) is 0 Å². The van der Waals surface area contributed by atoms with Crippen molar-refractivity contribution in [1.29, 1.82) is 0 Å². The van der Waals surface area contributed by atoms with Gasteiger partial charge in [-0.1, -0.05) is 11.8 Å². The highest BCUT2D eigenvalue weighted by Gasteiger charge is 2.32. The van der Waals surface area contributed by atoms with Crippen LogP contribution in [0.25, 0.3) is 0 Å². The van der Waals surface area contributed by atoms with Gasteiger partial charge >= 0.3 is 5.88 Å². The van der Waals surface area contributed by atoms with E-state index in [0.717, 1.165) is 10.9 Å². The van der Waals surface area contributed by atoms with Gasteiger partial charge in [0, 0.05) is 18.3 Å². The van der Waals surface area contributed by atoms with E-state index in [0.29, 0.717) is 11.3 Å². The molecule has 0 aromatic carbocycles. The van der Waals surface area contributed by atoms with Gasteiger partial charge < -0.3 is 9.32 Å². The standard InChI is InChI=1S/C13H15N3O4S/c1-7-11(8(2)17)12(14-13(21-4)15(7)3)9-5-6-10(20-9)16(18)19/h5-6,12H,1-4H3. The molecule has 0 aliphatic carbocycles. The van der Waals surface area contributed by atoms with Crippen LogP contribution in [0.3, 0.4) is 0 Å². The molecule has 0 saturated heterocycles. The van der Waals surface area contributed by atoms with Gasteiger partial charge in [-0.05, 0) is 26.2 Å². The van der Waals surface area contributed by atoms with E-state index in [2.05, 4.69) is 4.99 Å². The van der Waals surface area contributed by atoms with E-state index in [1.54, 1.807) is 0 Å². The van der Waals surface area contributed by atoms with Crippen molar-refractivity contribution in [3.8, 4) is 0 Å². The number of nitrogens with zero attached hydrogens (tertiary/aromatic N) is 3. The molecule has 1 aliphatic rings. The molecule has 0 fully saturated rings. The Morgan fingerprint density at radius 3 is 2.67 bits per heavy atom. The zero-order valence-corrected chi connectivity index (χ0v) is 12.9. The zero-order chi connectivity index (χ0) is 15.7. The Morgan fingerprint density at radius 1 is 1.52 bits per heavy atom. The second kappa shape index (κ2) is 5.72. The molecule has 0 bridgehead atoms. The molecule has 112 valence electrons. The van der Waals surface area contributed by atoms with Crippen LogP contribution in [0.15, 0.2) is 32.8 Å². The number of ketones is 1. The first-order valence-electron chi connectivity index (χ1n) is 6.18. The van der Waals surface area contributed by atoms with Crippen molar-refractivity contribution >= 4 is 28.6 Å². The summed E-state index contributed by atoms with van der Waals surface area (Å²) < 4.78 is 5.22. The van der Waals surface area contributed by atoms with Gasteiger partial charge in [-0.2, -0.15) is 0 Å². The summed E-state index contributed by atoms with van der Waals surface area (Å²) in [6.07, 6.45) is 1.88. The van der Waals surface area contributed by atoms with E-state index in [9.17, 15) is 14.9 Å². The van der Waals surface area contributed by atoms with E-state index < -0.39 is 11.0 Å². The quantitative estimate of drug-likeness (QED) is 0.630. The summed E-state index contributed by atoms with van der Waals surface area (Å²) in [5.74, 6) is -0.191. The average molecular weight is 309 g/mol. The zero-order valence-electron chi connectivity index (χ0n) is 12.1. The highest BCUT2D eigenvalue weighted by Crippen LogP contribution is 2.37. The molecular weight excluding hydrogens is 294 g/mol. The van der Waals surface area contributed by atoms with E-state index in [1.165, 1.54) is 30.8 Å². The second-order valence-electron chi connectivity index (χ2n) is 4.57. The average Bonchev–Trinajstić information content (AvgIpc) is 2.90. The van der Waals surface area contributed by atoms with E-state index in [4.69, 9.17) is 4.42 Å². The molecule has 1 aliphatic heterocycles. The summed E-state index contributed by atoms with van der Waals surface area (Å²) >= 11 is 1.44. The lowest BCUT2D eigenvalue weighted by atomic mass is 9.98. The first-order chi connectivity index (χ1) is 9.86. The van der Waals surface area contributed by atoms with Gasteiger partial charge in [0.05, 0.1) is 6.07 Å². The minimum absolute atomic E-state index is 0.132. The lowest BCUT2D eigenvalue weighted by molar-refractivity contribution is -0.402. The Morgan fingerprint density at radius 2 is 2.19 bits per heavy atom. The fourth-order valence-corrected chi connectivity index (χ4v) is 2.84. The molecule has 0 amide bonds. The van der Waals surface area contributed by atoms with Crippen molar-refractivity contribution in [3.05, 3.63) is 39.3 Å². The summed E-state index contributed by atoms with van der Waals surface area (Å²) in [6, 6.07) is 2.12. The number of Topliss-reactive ketones (excluding diaryl/α,β-unsaturated/α-hetero) is 1. The molecular formula is C13H15N3O4S. The Bertz CT molecular complexity index is 662. The molecule has 2 heterocycles. The maximum atomic E-state index is 11.9. The third-order valence-corrected chi connectivity index (χ3v) is 4.06. The summed E-state index contributed by atoms with van der Waals surface area (Å²) in [4.78, 5) is 28.4. The van der Waals surface area contributed by atoms with Gasteiger partial charge in [0.25, 0.3) is 0 Å². The van der Waals surface area contributed by atoms with Crippen molar-refractivity contribution in [2.45, 2.75) is 19.9 Å². The highest BCUT2D eigenvalue weighted by atomic mass is 32.2. The van der Waals surface area contributed by atoms with Crippen LogP contribution in [0.5, 0.6) is 0 Å². The molecule has 2 rings (SSSR count). The number of hydrogen-bond donors (Lipinski definition) is 0. The van der Waals surface area contributed by atoms with Crippen molar-refractivity contribution < 1.29 is 14.1 Å². The van der Waals surface area contributed by atoms with Crippen LogP contribution in [0.4, 0.5) is 5.88 Å². The number of thioether (sulfide) groups is 1. The van der Waals surface area contributed by atoms with Crippen molar-refractivity contribution in [1.82, 2.24) is 4.90 Å². The number of aliphatic imine (C=N–C) groups is 1. The molecule has 1 atom stereocenters. The Hall–Kier alpha value is -2.09. The minimum atomic E-state index is -0.644. The maximum Gasteiger partial charge on any atom is 0.433 e. The smallest absolute Gasteiger partial charge is 0.403 e. The van der Waals surface area contributed by atoms with Crippen LogP contribution in [0.1, 0.15) is 25.6 Å². The third-order valence-electron chi connectivity index (χ3n) is 3.32. The first kappa shape index (κ1) is 15.3. The van der Waals surface area contributed by atoms with E-state index in [1.807, 2.05) is 25.1 Å². The van der Waals surface area contributed by atoms with Gasteiger partial charge in [0.1, 0.15) is 16.7 Å². The van der Waals surface area contributed by atoms with E-state index in [-0.39, 0.29) is 11.7 Å². The van der Waals surface area contributed by atoms with Crippen LogP contribution >= 0.6 is 11.8 Å². The van der Waals surface area contributed by atoms with Crippen LogP contribution in [0, 0.1) is 10.1 Å². The molecule has 0 spiro atoms. The molecule has 8 heteroatoms. The van der Waals surface area contributed by atoms with Gasteiger partial charge in [-0.15, -0.1) is 0 Å². The first-order valence-corrected chi connectivity index (χ1v) is 7.40. The van der Waals surface area contributed by atoms with Crippen LogP contribution in [-0.2, 0) is 4.79 Å². The number of allylic oxidation sites excluding steroid dienone is 1. The molecule has 21 heavy (non-hydrogen) atoms. The molecule has 1 aromatic heterocycles. The molecule has 7 nitrogen and oxygen atoms in total. The monoisotopic (exact) mass is 309 g/mol. The lowest BCUT2D eigenvalue weighted by Gasteiger charge is -2.30. The molecule has 0 radical (unpaired) electrons. The number of amidine groups is 1. The highest BCUT2D eigenvalue weighted by molar-refractivity contribution is 8.13. The fourth-order valence-electron chi connectivity index (χ4n) is 2.21. The Labute approximate surface area is 125 Å². The van der Waals surface area contributed by atoms with Crippen molar-refractivity contribution in [2.75, 3.05) is 13.3 Å². The summed E-state index contributed by atoms with van der Waals surface area (Å²) in [6.45, 7) is 3.28. The van der Waals surface area contributed by atoms with Gasteiger partial charge in [-0.3, -0.25) is 14.9 Å². The molecule has 0 saturated carbocycles. The molecule has 1 unspecified atom stereocenters. The maximum absolute atomic E-state index is 11.9. The third kappa shape index (κ3) is 2.71. The van der Waals surface area contributed by atoms with Crippen molar-refractivity contribution in [2.24, 2.45) is 4.99 Å². The van der Waals surface area contributed by atoms with Crippen LogP contribution in [0.2, 0.25) is 0 Å². The normalized spacial score (nSPS) is 18.8. The summed E-state index contributed by atoms with van der Waals surface area (Å²) in [5, 5.41) is 11.5. The fraction of sp³-hybridized carbons (Fsp3) is 0.385. The number of rotatable bonds is 3. The lowest BCUT2D eigenvalue weighted by Crippen LogP contribution is -2.30. The topological polar surface area (TPSA) is 89.0 Å². The van der Waals surface area contributed by atoms with Gasteiger partial charge in [-0.25, -0.2) is 4.99 Å². The van der Waals surface area contributed by atoms with Crippen LogP contribution < -0.4 is 0 Å². The number of furan rings is 1. The minimum Gasteiger partial charge on any atom is -0.403 e. The SMILES string of the molecule is CSC1=NC(c2ccc([N+](=O)[O-])o2)C(C(C)=O)=C(C)N1C. The second-order valence-corrected chi connectivity index (χ2v) is 5.34. The summed E-state index contributed by atoms with van der Waals surface area (Å²) in [7, 11) is 1.83. The van der Waals surface area contributed by atoms with Crippen LogP contribution in [-0.4, -0.2) is 34.1 Å². The number of nitro groups is 1. The molecule has 1 aromatic rings. The number of carbonyl (C=O) groups excluding carboxylic acids is 1. The predicted molar refractivity (Wildman–Crippen MR) is 80.2 cm³/mol. The van der Waals surface area contributed by atoms with E-state index >= 15 is 0 Å². The Balaban J connectivity index is 2.53. The molecule has 0 N–H and O–H groups in total. The summed E-state index contributed by atoms with van der Waals surface area (Å²) in [5.41, 5.74) is 1.26. The number of carbonyl (C=O) groups is 1. The van der Waals surface area contributed by atoms with Gasteiger partial charge in [0.15, 0.2) is 11.0 Å².